The van der Waals surface area contributed by atoms with Gasteiger partial charge in [0.15, 0.2) is 0 Å². The van der Waals surface area contributed by atoms with Crippen LogP contribution in [0.3, 0.4) is 0 Å². The third-order valence-corrected chi connectivity index (χ3v) is 1.85. The van der Waals surface area contributed by atoms with Gasteiger partial charge in [0.1, 0.15) is 0 Å². The summed E-state index contributed by atoms with van der Waals surface area (Å²) in [5.74, 6) is 1.29. The van der Waals surface area contributed by atoms with Gasteiger partial charge >= 0.3 is 0 Å². The van der Waals surface area contributed by atoms with Crippen molar-refractivity contribution in [1.82, 2.24) is 0 Å². The van der Waals surface area contributed by atoms with Crippen molar-refractivity contribution in [2.45, 2.75) is 20.8 Å². The molecule has 0 fully saturated rings. The first-order chi connectivity index (χ1) is 4.20. The van der Waals surface area contributed by atoms with E-state index in [1.54, 1.807) is 0 Å². The summed E-state index contributed by atoms with van der Waals surface area (Å²) < 4.78 is 0. The summed E-state index contributed by atoms with van der Waals surface area (Å²) in [6.07, 6.45) is 4.24. The molecule has 0 bridgehead atoms. The summed E-state index contributed by atoms with van der Waals surface area (Å²) in [5, 5.41) is 0. The Morgan fingerprint density at radius 1 is 1.33 bits per heavy atom. The Labute approximate surface area is 56.5 Å². The van der Waals surface area contributed by atoms with Crippen molar-refractivity contribution in [3.8, 4) is 0 Å². The van der Waals surface area contributed by atoms with Crippen LogP contribution in [0.15, 0.2) is 16.8 Å². The summed E-state index contributed by atoms with van der Waals surface area (Å²) >= 11 is 0. The van der Waals surface area contributed by atoms with Crippen LogP contribution in [0.1, 0.15) is 20.8 Å². The number of hydrogen-bond donors (Lipinski definition) is 0. The molecule has 9 heavy (non-hydrogen) atoms. The second-order valence-electron chi connectivity index (χ2n) is 2.80. The maximum absolute atomic E-state index is 4.20. The lowest BCUT2D eigenvalue weighted by molar-refractivity contribution is 0.586. The molecular formula is C8H13N. The minimum Gasteiger partial charge on any atom is -0.266 e. The Balaban J connectivity index is 2.70. The molecule has 1 aliphatic heterocycles. The molecule has 0 aromatic heterocycles. The van der Waals surface area contributed by atoms with Crippen molar-refractivity contribution in [3.63, 3.8) is 0 Å². The van der Waals surface area contributed by atoms with Gasteiger partial charge in [-0.25, -0.2) is 0 Å². The highest BCUT2D eigenvalue weighted by Gasteiger charge is 2.10. The average Bonchev–Trinajstić information content (AvgIpc) is 1.80. The number of aliphatic imine (C=N–C) groups is 1. The van der Waals surface area contributed by atoms with Gasteiger partial charge in [0, 0.05) is 11.9 Å². The predicted molar refractivity (Wildman–Crippen MR) is 40.6 cm³/mol. The molecule has 0 saturated carbocycles. The largest absolute Gasteiger partial charge is 0.266 e. The maximum atomic E-state index is 4.20. The summed E-state index contributed by atoms with van der Waals surface area (Å²) in [4.78, 5) is 4.20. The molecule has 1 aliphatic rings. The van der Waals surface area contributed by atoms with Crippen LogP contribution in [0, 0.1) is 11.8 Å². The van der Waals surface area contributed by atoms with Crippen LogP contribution < -0.4 is 0 Å². The zero-order chi connectivity index (χ0) is 6.85. The molecule has 2 atom stereocenters. The highest BCUT2D eigenvalue weighted by atomic mass is 14.7. The minimum atomic E-state index is 0.619. The van der Waals surface area contributed by atoms with Crippen LogP contribution in [0.2, 0.25) is 0 Å². The van der Waals surface area contributed by atoms with E-state index in [0.717, 1.165) is 5.70 Å². The maximum Gasteiger partial charge on any atom is 0.0331 e. The van der Waals surface area contributed by atoms with Gasteiger partial charge in [-0.05, 0) is 18.8 Å². The molecule has 1 heterocycles. The van der Waals surface area contributed by atoms with Gasteiger partial charge in [-0.3, -0.25) is 4.99 Å². The lowest BCUT2D eigenvalue weighted by Crippen LogP contribution is -2.10. The van der Waals surface area contributed by atoms with E-state index in [-0.39, 0.29) is 0 Å². The first-order valence-corrected chi connectivity index (χ1v) is 3.43. The molecule has 0 aromatic rings. The normalized spacial score (nSPS) is 34.3. The number of allylic oxidation sites excluding steroid dienone is 2. The summed E-state index contributed by atoms with van der Waals surface area (Å²) in [6, 6.07) is 0. The van der Waals surface area contributed by atoms with Crippen LogP contribution in [0.5, 0.6) is 0 Å². The van der Waals surface area contributed by atoms with Crippen molar-refractivity contribution in [2.75, 3.05) is 0 Å². The molecule has 2 unspecified atom stereocenters. The second kappa shape index (κ2) is 2.34. The van der Waals surface area contributed by atoms with Crippen molar-refractivity contribution in [2.24, 2.45) is 16.8 Å². The number of hydrogen-bond acceptors (Lipinski definition) is 1. The molecule has 1 nitrogen and oxygen atoms in total. The first kappa shape index (κ1) is 6.53. The standard InChI is InChI=1S/C8H13N/c1-6-4-8(3)9-5-7(6)2/h4-7H,1-3H3. The van der Waals surface area contributed by atoms with E-state index >= 15 is 0 Å². The molecule has 0 aliphatic carbocycles. The smallest absolute Gasteiger partial charge is 0.0331 e. The SMILES string of the molecule is CC1=CC(C)C(C)C=N1. The molecule has 0 N–H and O–H groups in total. The van der Waals surface area contributed by atoms with Gasteiger partial charge in [0.2, 0.25) is 0 Å². The van der Waals surface area contributed by atoms with E-state index < -0.39 is 0 Å². The van der Waals surface area contributed by atoms with E-state index in [0.29, 0.717) is 11.8 Å². The molecule has 1 rings (SSSR count). The average molecular weight is 123 g/mol. The summed E-state index contributed by atoms with van der Waals surface area (Å²) in [5.41, 5.74) is 1.15. The lowest BCUT2D eigenvalue weighted by Gasteiger charge is -2.15. The lowest BCUT2D eigenvalue weighted by atomic mass is 9.94. The van der Waals surface area contributed by atoms with Crippen molar-refractivity contribution in [3.05, 3.63) is 11.8 Å². The summed E-state index contributed by atoms with van der Waals surface area (Å²) in [6.45, 7) is 6.45. The fraction of sp³-hybridized carbons (Fsp3) is 0.625. The highest BCUT2D eigenvalue weighted by Crippen LogP contribution is 2.17. The fourth-order valence-electron chi connectivity index (χ4n) is 0.946. The van der Waals surface area contributed by atoms with Gasteiger partial charge < -0.3 is 0 Å². The van der Waals surface area contributed by atoms with Gasteiger partial charge in [-0.15, -0.1) is 0 Å². The van der Waals surface area contributed by atoms with E-state index in [4.69, 9.17) is 0 Å². The Bertz CT molecular complexity index is 156. The quantitative estimate of drug-likeness (QED) is 0.468. The topological polar surface area (TPSA) is 12.4 Å². The number of nitrogens with zero attached hydrogens (tertiary/aromatic N) is 1. The zero-order valence-electron chi connectivity index (χ0n) is 6.26. The van der Waals surface area contributed by atoms with Crippen molar-refractivity contribution >= 4 is 6.21 Å². The molecule has 1 heteroatoms. The molecule has 0 saturated heterocycles. The van der Waals surface area contributed by atoms with Gasteiger partial charge in [0.05, 0.1) is 0 Å². The highest BCUT2D eigenvalue weighted by molar-refractivity contribution is 5.63. The van der Waals surface area contributed by atoms with Gasteiger partial charge in [-0.1, -0.05) is 19.9 Å². The zero-order valence-corrected chi connectivity index (χ0v) is 6.26. The van der Waals surface area contributed by atoms with Crippen molar-refractivity contribution < 1.29 is 0 Å². The van der Waals surface area contributed by atoms with Crippen LogP contribution in [0.25, 0.3) is 0 Å². The van der Waals surface area contributed by atoms with Gasteiger partial charge in [0.25, 0.3) is 0 Å². The Morgan fingerprint density at radius 2 is 2.00 bits per heavy atom. The third-order valence-electron chi connectivity index (χ3n) is 1.85. The predicted octanol–water partition coefficient (Wildman–Crippen LogP) is 2.25. The molecular weight excluding hydrogens is 110 g/mol. The van der Waals surface area contributed by atoms with Crippen LogP contribution in [-0.4, -0.2) is 6.21 Å². The van der Waals surface area contributed by atoms with Crippen molar-refractivity contribution in [1.29, 1.82) is 0 Å². The van der Waals surface area contributed by atoms with Crippen LogP contribution in [-0.2, 0) is 0 Å². The third kappa shape index (κ3) is 1.41. The van der Waals surface area contributed by atoms with E-state index in [1.165, 1.54) is 0 Å². The Morgan fingerprint density at radius 3 is 2.44 bits per heavy atom. The molecule has 0 spiro atoms. The monoisotopic (exact) mass is 123 g/mol. The van der Waals surface area contributed by atoms with Crippen LogP contribution in [0.4, 0.5) is 0 Å². The van der Waals surface area contributed by atoms with E-state index in [9.17, 15) is 0 Å². The molecule has 0 radical (unpaired) electrons. The Hall–Kier alpha value is -0.590. The Kier molecular flexibility index (Phi) is 1.70. The molecule has 0 amide bonds. The second-order valence-corrected chi connectivity index (χ2v) is 2.80. The molecule has 0 aromatic carbocycles. The van der Waals surface area contributed by atoms with Crippen LogP contribution >= 0.6 is 0 Å². The summed E-state index contributed by atoms with van der Waals surface area (Å²) in [7, 11) is 0. The van der Waals surface area contributed by atoms with E-state index in [1.807, 2.05) is 13.1 Å². The minimum absolute atomic E-state index is 0.619. The fourth-order valence-corrected chi connectivity index (χ4v) is 0.946. The number of rotatable bonds is 0. The van der Waals surface area contributed by atoms with E-state index in [2.05, 4.69) is 24.9 Å². The van der Waals surface area contributed by atoms with Gasteiger partial charge in [-0.2, -0.15) is 0 Å². The first-order valence-electron chi connectivity index (χ1n) is 3.43. The molecule has 50 valence electrons.